The van der Waals surface area contributed by atoms with E-state index in [4.69, 9.17) is 0 Å². The summed E-state index contributed by atoms with van der Waals surface area (Å²) in [6, 6.07) is 0. The van der Waals surface area contributed by atoms with Gasteiger partial charge < -0.3 is 0 Å². The molecule has 2 heteroatoms. The van der Waals surface area contributed by atoms with Crippen molar-refractivity contribution in [2.24, 2.45) is 10.3 Å². The zero-order chi connectivity index (χ0) is 8.48. The van der Waals surface area contributed by atoms with E-state index in [1.165, 1.54) is 18.6 Å². The summed E-state index contributed by atoms with van der Waals surface area (Å²) in [6.07, 6.45) is 2.73. The third-order valence-electron chi connectivity index (χ3n) is 2.50. The van der Waals surface area contributed by atoms with Crippen LogP contribution in [0, 0.1) is 5.92 Å². The zero-order valence-corrected chi connectivity index (χ0v) is 8.87. The number of nitrogens with zero attached hydrogens (tertiary/aromatic N) is 1. The van der Waals surface area contributed by atoms with Crippen LogP contribution in [0.25, 0.3) is 0 Å². The summed E-state index contributed by atoms with van der Waals surface area (Å²) in [5, 5.41) is 0. The van der Waals surface area contributed by atoms with Crippen LogP contribution in [0.15, 0.2) is 4.36 Å². The molecule has 11 heavy (non-hydrogen) atoms. The van der Waals surface area contributed by atoms with E-state index in [0.29, 0.717) is 15.4 Å². The highest BCUT2D eigenvalue weighted by Gasteiger charge is 2.29. The standard InChI is InChI=1S/C9H19NS/c1-8-5-6-11(10-4)9(2,3)7-8/h8H,5-7H2,1-4H3. The van der Waals surface area contributed by atoms with Gasteiger partial charge in [-0.05, 0) is 32.6 Å². The molecule has 1 nitrogen and oxygen atoms in total. The van der Waals surface area contributed by atoms with E-state index in [1.54, 1.807) is 0 Å². The third kappa shape index (κ3) is 2.05. The molecule has 0 aromatic rings. The van der Waals surface area contributed by atoms with E-state index >= 15 is 0 Å². The maximum Gasteiger partial charge on any atom is 0.0346 e. The molecule has 0 N–H and O–H groups in total. The predicted molar refractivity (Wildman–Crippen MR) is 53.1 cm³/mol. The highest BCUT2D eigenvalue weighted by Crippen LogP contribution is 2.31. The molecule has 0 spiro atoms. The first-order valence-corrected chi connectivity index (χ1v) is 5.72. The van der Waals surface area contributed by atoms with E-state index in [1.807, 2.05) is 7.05 Å². The molecular weight excluding hydrogens is 154 g/mol. The average Bonchev–Trinajstić information content (AvgIpc) is 1.85. The fourth-order valence-corrected chi connectivity index (χ4v) is 4.30. The van der Waals surface area contributed by atoms with Crippen LogP contribution in [0.3, 0.4) is 0 Å². The van der Waals surface area contributed by atoms with Gasteiger partial charge in [0.1, 0.15) is 0 Å². The molecule has 0 radical (unpaired) electrons. The molecule has 0 saturated carbocycles. The lowest BCUT2D eigenvalue weighted by molar-refractivity contribution is 0.436. The molecule has 0 bridgehead atoms. The van der Waals surface area contributed by atoms with Gasteiger partial charge in [-0.3, -0.25) is 4.36 Å². The second-order valence-electron chi connectivity index (χ2n) is 4.11. The second kappa shape index (κ2) is 3.26. The van der Waals surface area contributed by atoms with Gasteiger partial charge in [-0.25, -0.2) is 0 Å². The fraction of sp³-hybridized carbons (Fsp3) is 1.00. The smallest absolute Gasteiger partial charge is 0.0346 e. The largest absolute Gasteiger partial charge is 0.268 e. The monoisotopic (exact) mass is 173 g/mol. The minimum atomic E-state index is 0.342. The first-order chi connectivity index (χ1) is 5.06. The molecule has 2 atom stereocenters. The van der Waals surface area contributed by atoms with Crippen molar-refractivity contribution in [1.82, 2.24) is 0 Å². The molecule has 1 aliphatic rings. The predicted octanol–water partition coefficient (Wildman–Crippen LogP) is 2.63. The van der Waals surface area contributed by atoms with E-state index in [2.05, 4.69) is 25.1 Å². The van der Waals surface area contributed by atoms with Crippen LogP contribution >= 0.6 is 0 Å². The van der Waals surface area contributed by atoms with Gasteiger partial charge in [-0.2, -0.15) is 0 Å². The van der Waals surface area contributed by atoms with Crippen molar-refractivity contribution in [2.45, 2.75) is 38.4 Å². The van der Waals surface area contributed by atoms with Crippen LogP contribution in [-0.4, -0.2) is 17.5 Å². The van der Waals surface area contributed by atoms with Crippen LogP contribution in [0.4, 0.5) is 0 Å². The van der Waals surface area contributed by atoms with Crippen LogP contribution in [0.2, 0.25) is 0 Å². The van der Waals surface area contributed by atoms with Crippen LogP contribution in [0.5, 0.6) is 0 Å². The van der Waals surface area contributed by atoms with Crippen molar-refractivity contribution in [3.05, 3.63) is 0 Å². The molecule has 0 aromatic carbocycles. The van der Waals surface area contributed by atoms with Gasteiger partial charge in [0.2, 0.25) is 0 Å². The third-order valence-corrected chi connectivity index (χ3v) is 5.01. The molecule has 1 aliphatic heterocycles. The molecule has 0 amide bonds. The molecule has 0 aliphatic carbocycles. The summed E-state index contributed by atoms with van der Waals surface area (Å²) >= 11 is 0. The minimum Gasteiger partial charge on any atom is -0.268 e. The van der Waals surface area contributed by atoms with Crippen LogP contribution < -0.4 is 0 Å². The van der Waals surface area contributed by atoms with Crippen molar-refractivity contribution in [3.63, 3.8) is 0 Å². The van der Waals surface area contributed by atoms with Crippen LogP contribution in [0.1, 0.15) is 33.6 Å². The van der Waals surface area contributed by atoms with Crippen molar-refractivity contribution in [2.75, 3.05) is 12.8 Å². The molecule has 1 fully saturated rings. The van der Waals surface area contributed by atoms with E-state index < -0.39 is 0 Å². The maximum atomic E-state index is 4.46. The molecule has 1 rings (SSSR count). The van der Waals surface area contributed by atoms with E-state index in [-0.39, 0.29) is 0 Å². The fourth-order valence-electron chi connectivity index (χ4n) is 1.96. The van der Waals surface area contributed by atoms with Crippen molar-refractivity contribution in [1.29, 1.82) is 0 Å². The van der Waals surface area contributed by atoms with Gasteiger partial charge in [0.25, 0.3) is 0 Å². The molecule has 1 saturated heterocycles. The number of hydrogen-bond acceptors (Lipinski definition) is 1. The normalized spacial score (nSPS) is 37.5. The van der Waals surface area contributed by atoms with E-state index in [9.17, 15) is 0 Å². The Kier molecular flexibility index (Phi) is 2.74. The molecule has 2 unspecified atom stereocenters. The highest BCUT2D eigenvalue weighted by atomic mass is 32.2. The maximum absolute atomic E-state index is 4.46. The summed E-state index contributed by atoms with van der Waals surface area (Å²) in [5.74, 6) is 2.24. The lowest BCUT2D eigenvalue weighted by atomic mass is 9.95. The van der Waals surface area contributed by atoms with Gasteiger partial charge in [0.05, 0.1) is 0 Å². The Bertz CT molecular complexity index is 172. The van der Waals surface area contributed by atoms with Gasteiger partial charge in [-0.15, -0.1) is 0 Å². The zero-order valence-electron chi connectivity index (χ0n) is 8.05. The number of rotatable bonds is 0. The Balaban J connectivity index is 2.72. The summed E-state index contributed by atoms with van der Waals surface area (Å²) in [6.45, 7) is 7.08. The van der Waals surface area contributed by atoms with Gasteiger partial charge in [0, 0.05) is 17.5 Å². The summed E-state index contributed by atoms with van der Waals surface area (Å²) in [7, 11) is 2.32. The van der Waals surface area contributed by atoms with Gasteiger partial charge >= 0.3 is 0 Å². The molecule has 0 aromatic heterocycles. The summed E-state index contributed by atoms with van der Waals surface area (Å²) in [5.41, 5.74) is 0. The molecule has 66 valence electrons. The highest BCUT2D eigenvalue weighted by molar-refractivity contribution is 7.88. The van der Waals surface area contributed by atoms with Crippen molar-refractivity contribution < 1.29 is 0 Å². The quantitative estimate of drug-likeness (QED) is 0.534. The first kappa shape index (κ1) is 9.24. The lowest BCUT2D eigenvalue weighted by Gasteiger charge is -2.36. The Hall–Kier alpha value is 0.150. The van der Waals surface area contributed by atoms with Crippen molar-refractivity contribution >= 4 is 10.7 Å². The molecule has 1 heterocycles. The van der Waals surface area contributed by atoms with Gasteiger partial charge in [-0.1, -0.05) is 17.6 Å². The first-order valence-electron chi connectivity index (χ1n) is 4.37. The number of hydrogen-bond donors (Lipinski definition) is 0. The SMILES string of the molecule is CN=S1CCC(C)CC1(C)C. The minimum absolute atomic E-state index is 0.342. The van der Waals surface area contributed by atoms with Crippen molar-refractivity contribution in [3.8, 4) is 0 Å². The average molecular weight is 173 g/mol. The van der Waals surface area contributed by atoms with E-state index in [0.717, 1.165) is 5.92 Å². The Morgan fingerprint density at radius 2 is 2.09 bits per heavy atom. The van der Waals surface area contributed by atoms with Gasteiger partial charge in [0.15, 0.2) is 0 Å². The Morgan fingerprint density at radius 3 is 2.55 bits per heavy atom. The topological polar surface area (TPSA) is 12.4 Å². The second-order valence-corrected chi connectivity index (χ2v) is 6.72. The lowest BCUT2D eigenvalue weighted by Crippen LogP contribution is -2.35. The Morgan fingerprint density at radius 1 is 1.45 bits per heavy atom. The van der Waals surface area contributed by atoms with Crippen LogP contribution in [-0.2, 0) is 10.7 Å². The molecular formula is C9H19NS. The Labute approximate surface area is 72.7 Å². The summed E-state index contributed by atoms with van der Waals surface area (Å²) in [4.78, 5) is 0. The summed E-state index contributed by atoms with van der Waals surface area (Å²) < 4.78 is 4.94.